The number of ether oxygens (including phenoxy) is 1. The molecule has 0 fully saturated rings. The molecule has 1 aromatic carbocycles. The maximum Gasteiger partial charge on any atom is 0.458 e. The van der Waals surface area contributed by atoms with Gasteiger partial charge in [0.2, 0.25) is 5.82 Å². The van der Waals surface area contributed by atoms with E-state index < -0.39 is 35.6 Å². The standard InChI is InChI=1S/C20H14F2N6O2.C4F6O2/c1-29-10-17-25-20(27-30-17)15-8-23-16-6-5-11(9-28(15)16)12-7-24-26-19(12)18-13(21)3-2-4-14(18)22;5-3(6,7)1(11)2(12)4(8,9)10/h2-9H,10H2,1H3,(H,24,26);. The van der Waals surface area contributed by atoms with Gasteiger partial charge in [0.1, 0.15) is 29.6 Å². The molecule has 4 heterocycles. The van der Waals surface area contributed by atoms with Gasteiger partial charge in [-0.05, 0) is 24.3 Å². The highest BCUT2D eigenvalue weighted by molar-refractivity contribution is 6.41. The van der Waals surface area contributed by atoms with Crippen LogP contribution < -0.4 is 0 Å². The molecule has 0 unspecified atom stereocenters. The Morgan fingerprint density at radius 3 is 2.21 bits per heavy atom. The van der Waals surface area contributed by atoms with Crippen LogP contribution in [0.4, 0.5) is 35.1 Å². The lowest BCUT2D eigenvalue weighted by Gasteiger charge is -2.07. The molecular weight excluding hydrogens is 588 g/mol. The number of benzene rings is 1. The fourth-order valence-electron chi connectivity index (χ4n) is 3.54. The number of fused-ring (bicyclic) bond motifs is 1. The number of aromatic amines is 1. The van der Waals surface area contributed by atoms with Crippen LogP contribution in [0.1, 0.15) is 5.89 Å². The molecule has 0 spiro atoms. The average Bonchev–Trinajstić information content (AvgIpc) is 3.67. The average molecular weight is 602 g/mol. The second-order valence-corrected chi connectivity index (χ2v) is 8.14. The summed E-state index contributed by atoms with van der Waals surface area (Å²) in [4.78, 5) is 27.9. The summed E-state index contributed by atoms with van der Waals surface area (Å²) < 4.78 is 108. The molecule has 5 aromatic rings. The Hall–Kier alpha value is -5.00. The van der Waals surface area contributed by atoms with Crippen LogP contribution in [0.3, 0.4) is 0 Å². The van der Waals surface area contributed by atoms with Gasteiger partial charge in [0.25, 0.3) is 5.89 Å². The van der Waals surface area contributed by atoms with E-state index in [-0.39, 0.29) is 17.9 Å². The molecule has 0 radical (unpaired) electrons. The van der Waals surface area contributed by atoms with Crippen molar-refractivity contribution < 1.29 is 54.0 Å². The molecule has 42 heavy (non-hydrogen) atoms. The first kappa shape index (κ1) is 30.0. The number of rotatable bonds is 6. The number of ketones is 2. The van der Waals surface area contributed by atoms with E-state index in [2.05, 4.69) is 25.3 Å². The number of H-pyrrole nitrogens is 1. The molecule has 0 atom stereocenters. The van der Waals surface area contributed by atoms with Crippen LogP contribution >= 0.6 is 0 Å². The van der Waals surface area contributed by atoms with E-state index in [0.29, 0.717) is 34.2 Å². The van der Waals surface area contributed by atoms with E-state index >= 15 is 0 Å². The fourth-order valence-corrected chi connectivity index (χ4v) is 3.54. The molecule has 0 aliphatic heterocycles. The van der Waals surface area contributed by atoms with Gasteiger partial charge in [0.05, 0.1) is 23.7 Å². The Bertz CT molecular complexity index is 1710. The topological polar surface area (TPSA) is 128 Å². The number of carbonyl (C=O) groups excluding carboxylic acids is 2. The third-order valence-corrected chi connectivity index (χ3v) is 5.35. The Balaban J connectivity index is 0.000000288. The summed E-state index contributed by atoms with van der Waals surface area (Å²) in [6.07, 6.45) is -6.63. The van der Waals surface area contributed by atoms with E-state index in [1.54, 1.807) is 28.9 Å². The maximum atomic E-state index is 14.3. The summed E-state index contributed by atoms with van der Waals surface area (Å²) in [7, 11) is 1.53. The number of carbonyl (C=O) groups is 2. The van der Waals surface area contributed by atoms with Crippen LogP contribution in [0.15, 0.2) is 53.4 Å². The molecule has 220 valence electrons. The Kier molecular flexibility index (Phi) is 8.19. The Labute approximate surface area is 227 Å². The van der Waals surface area contributed by atoms with E-state index in [1.165, 1.54) is 31.5 Å². The van der Waals surface area contributed by atoms with Gasteiger partial charge >= 0.3 is 23.9 Å². The number of methoxy groups -OCH3 is 1. The zero-order chi connectivity index (χ0) is 30.8. The second-order valence-electron chi connectivity index (χ2n) is 8.14. The molecule has 4 aromatic heterocycles. The maximum absolute atomic E-state index is 14.3. The number of imidazole rings is 1. The largest absolute Gasteiger partial charge is 0.458 e. The molecular formula is C24H14F8N6O4. The number of nitrogens with zero attached hydrogens (tertiary/aromatic N) is 5. The summed E-state index contributed by atoms with van der Waals surface area (Å²) in [5.41, 5.74) is 2.53. The number of pyridine rings is 1. The van der Waals surface area contributed by atoms with E-state index in [4.69, 9.17) is 9.26 Å². The third kappa shape index (κ3) is 6.17. The highest BCUT2D eigenvalue weighted by Crippen LogP contribution is 2.34. The van der Waals surface area contributed by atoms with Crippen molar-refractivity contribution in [2.24, 2.45) is 0 Å². The number of alkyl halides is 6. The minimum Gasteiger partial charge on any atom is -0.375 e. The number of halogens is 8. The van der Waals surface area contributed by atoms with Gasteiger partial charge < -0.3 is 9.26 Å². The summed E-state index contributed by atoms with van der Waals surface area (Å²) in [6.45, 7) is 0.196. The van der Waals surface area contributed by atoms with Gasteiger partial charge in [-0.2, -0.15) is 36.4 Å². The molecule has 18 heteroatoms. The van der Waals surface area contributed by atoms with Gasteiger partial charge in [-0.15, -0.1) is 0 Å². The Morgan fingerprint density at radius 2 is 1.62 bits per heavy atom. The zero-order valence-corrected chi connectivity index (χ0v) is 20.7. The van der Waals surface area contributed by atoms with Crippen LogP contribution in [-0.4, -0.2) is 60.8 Å². The summed E-state index contributed by atoms with van der Waals surface area (Å²) in [5.74, 6) is -7.49. The van der Waals surface area contributed by atoms with Crippen molar-refractivity contribution in [3.05, 3.63) is 66.4 Å². The van der Waals surface area contributed by atoms with Crippen LogP contribution in [0, 0.1) is 11.6 Å². The highest BCUT2D eigenvalue weighted by atomic mass is 19.4. The first-order valence-corrected chi connectivity index (χ1v) is 11.2. The molecule has 0 saturated carbocycles. The molecule has 0 saturated heterocycles. The van der Waals surface area contributed by atoms with Crippen molar-refractivity contribution in [2.45, 2.75) is 19.0 Å². The number of Topliss-reactive ketones (excluding diaryl/α,β-unsaturated/α-hetero) is 2. The monoisotopic (exact) mass is 602 g/mol. The van der Waals surface area contributed by atoms with E-state index in [1.807, 2.05) is 0 Å². The quantitative estimate of drug-likeness (QED) is 0.210. The van der Waals surface area contributed by atoms with Crippen molar-refractivity contribution in [2.75, 3.05) is 7.11 Å². The van der Waals surface area contributed by atoms with E-state index in [9.17, 15) is 44.7 Å². The number of nitrogens with one attached hydrogen (secondary N) is 1. The van der Waals surface area contributed by atoms with Gasteiger partial charge in [-0.25, -0.2) is 13.8 Å². The minimum atomic E-state index is -5.77. The van der Waals surface area contributed by atoms with E-state index in [0.717, 1.165) is 0 Å². The number of hydrogen-bond donors (Lipinski definition) is 1. The molecule has 10 nitrogen and oxygen atoms in total. The van der Waals surface area contributed by atoms with Crippen molar-refractivity contribution in [1.82, 2.24) is 29.7 Å². The normalized spacial score (nSPS) is 11.8. The van der Waals surface area contributed by atoms with Gasteiger partial charge in [0.15, 0.2) is 0 Å². The number of aromatic nitrogens is 6. The summed E-state index contributed by atoms with van der Waals surface area (Å²) >= 11 is 0. The number of hydrogen-bond acceptors (Lipinski definition) is 8. The van der Waals surface area contributed by atoms with Gasteiger partial charge in [-0.3, -0.25) is 19.1 Å². The molecule has 5 rings (SSSR count). The molecule has 0 bridgehead atoms. The SMILES string of the molecule is COCc1nc(-c2cnc3ccc(-c4cn[nH]c4-c4c(F)cccc4F)cn23)no1.O=C(C(=O)C(F)(F)F)C(F)(F)F. The smallest absolute Gasteiger partial charge is 0.375 e. The van der Waals surface area contributed by atoms with Crippen LogP contribution in [0.5, 0.6) is 0 Å². The molecule has 1 N–H and O–H groups in total. The molecule has 0 amide bonds. The van der Waals surface area contributed by atoms with Crippen LogP contribution in [0.2, 0.25) is 0 Å². The van der Waals surface area contributed by atoms with Crippen LogP contribution in [-0.2, 0) is 20.9 Å². The summed E-state index contributed by atoms with van der Waals surface area (Å²) in [6, 6.07) is 7.30. The Morgan fingerprint density at radius 1 is 0.976 bits per heavy atom. The van der Waals surface area contributed by atoms with Gasteiger partial charge in [-0.1, -0.05) is 11.2 Å². The zero-order valence-electron chi connectivity index (χ0n) is 20.7. The van der Waals surface area contributed by atoms with Crippen molar-refractivity contribution in [3.63, 3.8) is 0 Å². The lowest BCUT2D eigenvalue weighted by molar-refractivity contribution is -0.193. The fraction of sp³-hybridized carbons (Fsp3) is 0.167. The predicted molar refractivity (Wildman–Crippen MR) is 124 cm³/mol. The first-order chi connectivity index (χ1) is 19.7. The third-order valence-electron chi connectivity index (χ3n) is 5.35. The van der Waals surface area contributed by atoms with Crippen molar-refractivity contribution >= 4 is 17.2 Å². The second kappa shape index (κ2) is 11.5. The predicted octanol–water partition coefficient (Wildman–Crippen LogP) is 5.12. The molecule has 0 aliphatic rings. The lowest BCUT2D eigenvalue weighted by Crippen LogP contribution is -2.39. The summed E-state index contributed by atoms with van der Waals surface area (Å²) in [5, 5.41) is 10.7. The van der Waals surface area contributed by atoms with Gasteiger partial charge in [0, 0.05) is 24.4 Å². The highest BCUT2D eigenvalue weighted by Gasteiger charge is 2.54. The minimum absolute atomic E-state index is 0.168. The lowest BCUT2D eigenvalue weighted by atomic mass is 10.0. The van der Waals surface area contributed by atoms with Crippen molar-refractivity contribution in [3.8, 4) is 33.9 Å². The molecule has 0 aliphatic carbocycles. The van der Waals surface area contributed by atoms with Crippen LogP contribution in [0.25, 0.3) is 39.5 Å². The first-order valence-electron chi connectivity index (χ1n) is 11.2. The van der Waals surface area contributed by atoms with Crippen molar-refractivity contribution in [1.29, 1.82) is 0 Å².